The fraction of sp³-hybridized carbons (Fsp3) is 0.188. The molecule has 3 aromatic rings. The van der Waals surface area contributed by atoms with Crippen LogP contribution in [0.2, 0.25) is 0 Å². The lowest BCUT2D eigenvalue weighted by atomic mass is 10.1. The van der Waals surface area contributed by atoms with Gasteiger partial charge in [0.15, 0.2) is 0 Å². The number of benzene rings is 1. The summed E-state index contributed by atoms with van der Waals surface area (Å²) in [5.74, 6) is -0.151. The van der Waals surface area contributed by atoms with Crippen LogP contribution in [0.25, 0.3) is 0 Å². The molecular weight excluding hydrogens is 296 g/mol. The Morgan fingerprint density at radius 1 is 1.32 bits per heavy atom. The minimum atomic E-state index is -0.151. The number of carbonyl (C=O) groups excluding carboxylic acids is 1. The van der Waals surface area contributed by atoms with E-state index in [9.17, 15) is 4.79 Å². The van der Waals surface area contributed by atoms with Gasteiger partial charge >= 0.3 is 0 Å². The van der Waals surface area contributed by atoms with Crippen LogP contribution in [-0.4, -0.2) is 20.1 Å². The smallest absolute Gasteiger partial charge is 0.258 e. The minimum Gasteiger partial charge on any atom is -0.319 e. The number of hydrogen-bond acceptors (Lipinski definition) is 4. The van der Waals surface area contributed by atoms with E-state index in [0.717, 1.165) is 5.69 Å². The van der Waals surface area contributed by atoms with E-state index in [-0.39, 0.29) is 5.91 Å². The van der Waals surface area contributed by atoms with E-state index in [4.69, 9.17) is 0 Å². The highest BCUT2D eigenvalue weighted by atomic mass is 32.1. The highest BCUT2D eigenvalue weighted by molar-refractivity contribution is 7.04. The standard InChI is InChI=1S/C16H16N4OS/c1-11-5-3-4-6-13(11)8-20-9-14(7-17-20)18-16(21)15-10-22-19-12(15)2/h3-7,9-10H,8H2,1-2H3,(H,18,21). The van der Waals surface area contributed by atoms with E-state index in [0.29, 0.717) is 17.8 Å². The number of rotatable bonds is 4. The predicted octanol–water partition coefficient (Wildman–Crippen LogP) is 3.26. The first-order valence-electron chi connectivity index (χ1n) is 6.93. The van der Waals surface area contributed by atoms with Crippen molar-refractivity contribution in [2.24, 2.45) is 0 Å². The van der Waals surface area contributed by atoms with Gasteiger partial charge in [0.1, 0.15) is 0 Å². The normalized spacial score (nSPS) is 10.6. The quantitative estimate of drug-likeness (QED) is 0.804. The molecule has 0 spiro atoms. The Morgan fingerprint density at radius 2 is 2.14 bits per heavy atom. The molecule has 22 heavy (non-hydrogen) atoms. The number of hydrogen-bond donors (Lipinski definition) is 1. The van der Waals surface area contributed by atoms with Crippen molar-refractivity contribution in [1.29, 1.82) is 0 Å². The Kier molecular flexibility index (Phi) is 4.02. The summed E-state index contributed by atoms with van der Waals surface area (Å²) in [6.07, 6.45) is 3.49. The molecule has 0 saturated carbocycles. The van der Waals surface area contributed by atoms with Gasteiger partial charge in [0.25, 0.3) is 5.91 Å². The fourth-order valence-corrected chi connectivity index (χ4v) is 2.88. The lowest BCUT2D eigenvalue weighted by Crippen LogP contribution is -2.11. The monoisotopic (exact) mass is 312 g/mol. The Bertz CT molecular complexity index is 806. The SMILES string of the molecule is Cc1ccccc1Cn1cc(NC(=O)c2csnc2C)cn1. The van der Waals surface area contributed by atoms with Gasteiger partial charge in [-0.25, -0.2) is 0 Å². The number of aryl methyl sites for hydroxylation is 2. The van der Waals surface area contributed by atoms with Crippen LogP contribution >= 0.6 is 11.5 Å². The number of aromatic nitrogens is 3. The lowest BCUT2D eigenvalue weighted by molar-refractivity contribution is 0.102. The van der Waals surface area contributed by atoms with Crippen molar-refractivity contribution in [3.05, 3.63) is 64.4 Å². The first-order chi connectivity index (χ1) is 10.6. The zero-order valence-electron chi connectivity index (χ0n) is 12.4. The van der Waals surface area contributed by atoms with E-state index in [2.05, 4.69) is 33.8 Å². The van der Waals surface area contributed by atoms with Gasteiger partial charge in [-0.2, -0.15) is 9.47 Å². The largest absolute Gasteiger partial charge is 0.319 e. The molecule has 2 aromatic heterocycles. The van der Waals surface area contributed by atoms with Gasteiger partial charge in [-0.05, 0) is 36.5 Å². The summed E-state index contributed by atoms with van der Waals surface area (Å²) in [7, 11) is 0. The second-order valence-electron chi connectivity index (χ2n) is 5.12. The fourth-order valence-electron chi connectivity index (χ4n) is 2.19. The summed E-state index contributed by atoms with van der Waals surface area (Å²) in [6.45, 7) is 4.59. The molecule has 0 bridgehead atoms. The van der Waals surface area contributed by atoms with Gasteiger partial charge in [0.05, 0.1) is 29.7 Å². The number of nitrogens with zero attached hydrogens (tertiary/aromatic N) is 3. The Labute approximate surface area is 132 Å². The van der Waals surface area contributed by atoms with Gasteiger partial charge in [-0.1, -0.05) is 24.3 Å². The number of anilines is 1. The third-order valence-electron chi connectivity index (χ3n) is 3.48. The minimum absolute atomic E-state index is 0.151. The van der Waals surface area contributed by atoms with E-state index >= 15 is 0 Å². The van der Waals surface area contributed by atoms with Gasteiger partial charge in [-0.15, -0.1) is 0 Å². The van der Waals surface area contributed by atoms with Crippen molar-refractivity contribution in [3.8, 4) is 0 Å². The molecule has 5 nitrogen and oxygen atoms in total. The molecule has 1 amide bonds. The summed E-state index contributed by atoms with van der Waals surface area (Å²) in [5, 5.41) is 8.90. The predicted molar refractivity (Wildman–Crippen MR) is 87.3 cm³/mol. The molecule has 3 rings (SSSR count). The van der Waals surface area contributed by atoms with Crippen LogP contribution in [0.15, 0.2) is 42.0 Å². The average Bonchev–Trinajstić information content (AvgIpc) is 3.10. The molecule has 0 radical (unpaired) electrons. The summed E-state index contributed by atoms with van der Waals surface area (Å²) in [5.41, 5.74) is 4.47. The molecule has 0 unspecified atom stereocenters. The maximum Gasteiger partial charge on any atom is 0.258 e. The highest BCUT2D eigenvalue weighted by Crippen LogP contribution is 2.14. The number of nitrogens with one attached hydrogen (secondary N) is 1. The second kappa shape index (κ2) is 6.11. The Hall–Kier alpha value is -2.47. The van der Waals surface area contributed by atoms with Crippen molar-refractivity contribution in [3.63, 3.8) is 0 Å². The third-order valence-corrected chi connectivity index (χ3v) is 4.20. The summed E-state index contributed by atoms with van der Waals surface area (Å²) < 4.78 is 5.93. The van der Waals surface area contributed by atoms with Crippen LogP contribution in [0.1, 0.15) is 27.2 Å². The molecule has 2 heterocycles. The summed E-state index contributed by atoms with van der Waals surface area (Å²) in [6, 6.07) is 8.19. The zero-order chi connectivity index (χ0) is 15.5. The van der Waals surface area contributed by atoms with Gasteiger partial charge in [0, 0.05) is 11.6 Å². The maximum atomic E-state index is 12.1. The van der Waals surface area contributed by atoms with Crippen LogP contribution < -0.4 is 5.32 Å². The Balaban J connectivity index is 1.70. The van der Waals surface area contributed by atoms with Gasteiger partial charge in [-0.3, -0.25) is 9.48 Å². The first kappa shape index (κ1) is 14.5. The van der Waals surface area contributed by atoms with E-state index in [1.807, 2.05) is 29.9 Å². The number of carbonyl (C=O) groups is 1. The third kappa shape index (κ3) is 3.07. The van der Waals surface area contributed by atoms with E-state index in [1.165, 1.54) is 22.7 Å². The van der Waals surface area contributed by atoms with Crippen molar-refractivity contribution < 1.29 is 4.79 Å². The lowest BCUT2D eigenvalue weighted by Gasteiger charge is -2.05. The maximum absolute atomic E-state index is 12.1. The van der Waals surface area contributed by atoms with Crippen molar-refractivity contribution >= 4 is 23.1 Å². The molecule has 0 atom stereocenters. The van der Waals surface area contributed by atoms with Crippen LogP contribution in [0.5, 0.6) is 0 Å². The van der Waals surface area contributed by atoms with Crippen LogP contribution in [0, 0.1) is 13.8 Å². The van der Waals surface area contributed by atoms with E-state index < -0.39 is 0 Å². The Morgan fingerprint density at radius 3 is 2.86 bits per heavy atom. The molecule has 0 aliphatic carbocycles. The van der Waals surface area contributed by atoms with E-state index in [1.54, 1.807) is 11.6 Å². The average molecular weight is 312 g/mol. The van der Waals surface area contributed by atoms with Crippen LogP contribution in [0.3, 0.4) is 0 Å². The van der Waals surface area contributed by atoms with Crippen molar-refractivity contribution in [2.75, 3.05) is 5.32 Å². The molecule has 0 fully saturated rings. The zero-order valence-corrected chi connectivity index (χ0v) is 13.2. The molecule has 0 aliphatic rings. The van der Waals surface area contributed by atoms with Crippen LogP contribution in [-0.2, 0) is 6.54 Å². The molecule has 1 aromatic carbocycles. The van der Waals surface area contributed by atoms with Crippen molar-refractivity contribution in [2.45, 2.75) is 20.4 Å². The molecular formula is C16H16N4OS. The first-order valence-corrected chi connectivity index (χ1v) is 7.76. The topological polar surface area (TPSA) is 59.8 Å². The van der Waals surface area contributed by atoms with Crippen LogP contribution in [0.4, 0.5) is 5.69 Å². The molecule has 112 valence electrons. The van der Waals surface area contributed by atoms with Gasteiger partial charge < -0.3 is 5.32 Å². The molecule has 6 heteroatoms. The van der Waals surface area contributed by atoms with Gasteiger partial charge in [0.2, 0.25) is 0 Å². The molecule has 0 saturated heterocycles. The number of amides is 1. The second-order valence-corrected chi connectivity index (χ2v) is 5.75. The van der Waals surface area contributed by atoms with Crippen molar-refractivity contribution in [1.82, 2.24) is 14.2 Å². The summed E-state index contributed by atoms with van der Waals surface area (Å²) >= 11 is 1.28. The summed E-state index contributed by atoms with van der Waals surface area (Å²) in [4.78, 5) is 12.1. The highest BCUT2D eigenvalue weighted by Gasteiger charge is 2.12. The molecule has 1 N–H and O–H groups in total. The molecule has 0 aliphatic heterocycles.